The number of aryl methyl sites for hydroxylation is 1. The first kappa shape index (κ1) is 23.1. The van der Waals surface area contributed by atoms with Gasteiger partial charge in [0, 0.05) is 17.1 Å². The molecule has 2 heterocycles. The van der Waals surface area contributed by atoms with Crippen LogP contribution in [0.15, 0.2) is 59.5 Å². The van der Waals surface area contributed by atoms with Gasteiger partial charge in [0.15, 0.2) is 0 Å². The molecule has 33 heavy (non-hydrogen) atoms. The zero-order chi connectivity index (χ0) is 23.9. The molecule has 4 rings (SSSR count). The lowest BCUT2D eigenvalue weighted by Gasteiger charge is -2.20. The van der Waals surface area contributed by atoms with Crippen molar-refractivity contribution < 1.29 is 14.0 Å². The van der Waals surface area contributed by atoms with E-state index in [2.05, 4.69) is 49.6 Å². The Morgan fingerprint density at radius 1 is 0.970 bits per heavy atom. The van der Waals surface area contributed by atoms with Crippen LogP contribution in [0.3, 0.4) is 0 Å². The van der Waals surface area contributed by atoms with Crippen molar-refractivity contribution in [3.63, 3.8) is 0 Å². The first-order valence-electron chi connectivity index (χ1n) is 10.8. The van der Waals surface area contributed by atoms with Crippen molar-refractivity contribution in [2.45, 2.75) is 46.6 Å². The van der Waals surface area contributed by atoms with E-state index in [-0.39, 0.29) is 28.9 Å². The van der Waals surface area contributed by atoms with Crippen LogP contribution in [0, 0.1) is 19.7 Å². The van der Waals surface area contributed by atoms with Gasteiger partial charge in [0.2, 0.25) is 0 Å². The molecule has 2 aromatic carbocycles. The Bertz CT molecular complexity index is 1250. The first-order chi connectivity index (χ1) is 15.5. The number of benzene rings is 2. The molecule has 4 nitrogen and oxygen atoms in total. The molecule has 1 aliphatic rings. The van der Waals surface area contributed by atoms with Crippen molar-refractivity contribution >= 4 is 29.0 Å². The average molecular weight is 463 g/mol. The molecule has 0 saturated carbocycles. The van der Waals surface area contributed by atoms with Gasteiger partial charge < -0.3 is 4.57 Å². The van der Waals surface area contributed by atoms with E-state index in [1.165, 1.54) is 22.6 Å². The highest BCUT2D eigenvalue weighted by Gasteiger charge is 2.35. The molecule has 0 aliphatic carbocycles. The summed E-state index contributed by atoms with van der Waals surface area (Å²) in [5, 5.41) is -0.317. The number of carbonyl (C=O) groups excluding carboxylic acids is 2. The van der Waals surface area contributed by atoms with Crippen LogP contribution in [-0.2, 0) is 16.8 Å². The zero-order valence-electron chi connectivity index (χ0n) is 19.5. The van der Waals surface area contributed by atoms with Crippen LogP contribution in [-0.4, -0.2) is 20.6 Å². The van der Waals surface area contributed by atoms with Gasteiger partial charge in [0.05, 0.1) is 11.4 Å². The fourth-order valence-corrected chi connectivity index (χ4v) is 4.82. The van der Waals surface area contributed by atoms with Gasteiger partial charge in [-0.1, -0.05) is 45.0 Å². The van der Waals surface area contributed by atoms with Crippen molar-refractivity contribution in [1.29, 1.82) is 0 Å². The maximum absolute atomic E-state index is 13.2. The largest absolute Gasteiger partial charge is 0.318 e. The number of rotatable bonds is 4. The smallest absolute Gasteiger partial charge is 0.293 e. The van der Waals surface area contributed by atoms with Crippen molar-refractivity contribution in [2.75, 3.05) is 0 Å². The van der Waals surface area contributed by atoms with E-state index < -0.39 is 0 Å². The van der Waals surface area contributed by atoms with Crippen LogP contribution in [0.1, 0.15) is 48.8 Å². The number of amides is 2. The summed E-state index contributed by atoms with van der Waals surface area (Å²) in [7, 11) is 0. The maximum Gasteiger partial charge on any atom is 0.293 e. The van der Waals surface area contributed by atoms with E-state index in [1.807, 2.05) is 19.9 Å². The molecule has 0 bridgehead atoms. The molecule has 0 radical (unpaired) electrons. The summed E-state index contributed by atoms with van der Waals surface area (Å²) in [4.78, 5) is 27.0. The van der Waals surface area contributed by atoms with Crippen LogP contribution in [0.5, 0.6) is 0 Å². The molecule has 0 spiro atoms. The minimum atomic E-state index is -0.351. The molecule has 1 aromatic heterocycles. The standard InChI is InChI=1S/C27H27FN2O2S/c1-17-14-20(18(2)30(17)23-12-8-21(9-13-23)27(3,4)5)15-24-25(31)29(26(32)33-24)16-19-6-10-22(28)11-7-19/h6-15H,16H2,1-5H3/b24-15-. The topological polar surface area (TPSA) is 42.3 Å². The Morgan fingerprint density at radius 2 is 1.61 bits per heavy atom. The zero-order valence-corrected chi connectivity index (χ0v) is 20.3. The highest BCUT2D eigenvalue weighted by Crippen LogP contribution is 2.35. The summed E-state index contributed by atoms with van der Waals surface area (Å²) in [5.74, 6) is -0.676. The minimum Gasteiger partial charge on any atom is -0.318 e. The lowest BCUT2D eigenvalue weighted by molar-refractivity contribution is -0.123. The first-order valence-corrected chi connectivity index (χ1v) is 11.7. The fraction of sp³-hybridized carbons (Fsp3) is 0.259. The van der Waals surface area contributed by atoms with Gasteiger partial charge in [0.1, 0.15) is 5.82 Å². The van der Waals surface area contributed by atoms with E-state index in [4.69, 9.17) is 0 Å². The molecule has 0 N–H and O–H groups in total. The molecular formula is C27H27FN2O2S. The summed E-state index contributed by atoms with van der Waals surface area (Å²) >= 11 is 0.939. The van der Waals surface area contributed by atoms with Crippen LogP contribution < -0.4 is 0 Å². The number of hydrogen-bond acceptors (Lipinski definition) is 3. The lowest BCUT2D eigenvalue weighted by Crippen LogP contribution is -2.27. The molecule has 170 valence electrons. The average Bonchev–Trinajstić information content (AvgIpc) is 3.18. The quantitative estimate of drug-likeness (QED) is 0.402. The van der Waals surface area contributed by atoms with E-state index in [0.29, 0.717) is 10.5 Å². The highest BCUT2D eigenvalue weighted by molar-refractivity contribution is 8.18. The van der Waals surface area contributed by atoms with Gasteiger partial charge in [-0.15, -0.1) is 0 Å². The third-order valence-corrected chi connectivity index (χ3v) is 6.78. The molecule has 6 heteroatoms. The Balaban J connectivity index is 1.60. The molecule has 3 aromatic rings. The number of aromatic nitrogens is 1. The molecule has 1 saturated heterocycles. The van der Waals surface area contributed by atoms with E-state index in [0.717, 1.165) is 34.4 Å². The highest BCUT2D eigenvalue weighted by atomic mass is 32.2. The maximum atomic E-state index is 13.2. The summed E-state index contributed by atoms with van der Waals surface area (Å²) in [6, 6.07) is 16.4. The summed E-state index contributed by atoms with van der Waals surface area (Å²) < 4.78 is 15.3. The van der Waals surface area contributed by atoms with Gasteiger partial charge in [-0.2, -0.15) is 0 Å². The molecule has 0 unspecified atom stereocenters. The predicted molar refractivity (Wildman–Crippen MR) is 132 cm³/mol. The lowest BCUT2D eigenvalue weighted by atomic mass is 9.87. The van der Waals surface area contributed by atoms with Crippen LogP contribution in [0.25, 0.3) is 11.8 Å². The SMILES string of the molecule is Cc1cc(/C=C2\SC(=O)N(Cc3ccc(F)cc3)C2=O)c(C)n1-c1ccc(C(C)(C)C)cc1. The predicted octanol–water partition coefficient (Wildman–Crippen LogP) is 6.77. The van der Waals surface area contributed by atoms with Crippen LogP contribution in [0.4, 0.5) is 9.18 Å². The summed E-state index contributed by atoms with van der Waals surface area (Å²) in [6.07, 6.45) is 1.79. The minimum absolute atomic E-state index is 0.0846. The van der Waals surface area contributed by atoms with Gasteiger partial charge in [-0.25, -0.2) is 4.39 Å². The van der Waals surface area contributed by atoms with E-state index in [1.54, 1.807) is 18.2 Å². The number of imide groups is 1. The number of hydrogen-bond donors (Lipinski definition) is 0. The number of carbonyl (C=O) groups is 2. The second-order valence-electron chi connectivity index (χ2n) is 9.35. The Hall–Kier alpha value is -3.12. The molecule has 1 fully saturated rings. The van der Waals surface area contributed by atoms with Gasteiger partial charge in [-0.3, -0.25) is 14.5 Å². The Labute approximate surface area is 198 Å². The second kappa shape index (κ2) is 8.67. The van der Waals surface area contributed by atoms with Gasteiger partial charge in [0.25, 0.3) is 11.1 Å². The molecule has 1 aliphatic heterocycles. The molecular weight excluding hydrogens is 435 g/mol. The van der Waals surface area contributed by atoms with Gasteiger partial charge in [-0.05, 0) is 84.1 Å². The summed E-state index contributed by atoms with van der Waals surface area (Å²) in [5.41, 5.74) is 6.07. The van der Waals surface area contributed by atoms with E-state index in [9.17, 15) is 14.0 Å². The molecule has 2 amide bonds. The van der Waals surface area contributed by atoms with Crippen molar-refractivity contribution in [3.05, 3.63) is 93.4 Å². The number of halogens is 1. The van der Waals surface area contributed by atoms with Crippen LogP contribution >= 0.6 is 11.8 Å². The molecule has 0 atom stereocenters. The van der Waals surface area contributed by atoms with E-state index >= 15 is 0 Å². The Morgan fingerprint density at radius 3 is 2.21 bits per heavy atom. The second-order valence-corrected chi connectivity index (χ2v) is 10.3. The monoisotopic (exact) mass is 462 g/mol. The van der Waals surface area contributed by atoms with Gasteiger partial charge >= 0.3 is 0 Å². The number of nitrogens with zero attached hydrogens (tertiary/aromatic N) is 2. The van der Waals surface area contributed by atoms with Crippen LogP contribution in [0.2, 0.25) is 0 Å². The third kappa shape index (κ3) is 4.67. The number of thioether (sulfide) groups is 1. The normalized spacial score (nSPS) is 15.7. The van der Waals surface area contributed by atoms with Crippen molar-refractivity contribution in [3.8, 4) is 5.69 Å². The fourth-order valence-electron chi connectivity index (χ4n) is 3.99. The Kier molecular flexibility index (Phi) is 6.06. The van der Waals surface area contributed by atoms with Crippen molar-refractivity contribution in [2.24, 2.45) is 0 Å². The third-order valence-electron chi connectivity index (χ3n) is 5.88. The van der Waals surface area contributed by atoms with Crippen molar-refractivity contribution in [1.82, 2.24) is 9.47 Å². The summed E-state index contributed by atoms with van der Waals surface area (Å²) in [6.45, 7) is 10.7.